The Bertz CT molecular complexity index is 284. The van der Waals surface area contributed by atoms with Crippen LogP contribution in [0.25, 0.3) is 0 Å². The van der Waals surface area contributed by atoms with Gasteiger partial charge in [-0.05, 0) is 20.4 Å². The Hall–Kier alpha value is -0.820. The number of rotatable bonds is 3. The first-order valence-electron chi connectivity index (χ1n) is 5.30. The summed E-state index contributed by atoms with van der Waals surface area (Å²) in [6.45, 7) is 0.888. The molecule has 1 heterocycles. The first kappa shape index (κ1) is 14.2. The van der Waals surface area contributed by atoms with Crippen molar-refractivity contribution in [2.75, 3.05) is 27.2 Å². The predicted octanol–water partition coefficient (Wildman–Crippen LogP) is 0.774. The number of methoxy groups -OCH3 is 1. The lowest BCUT2D eigenvalue weighted by Crippen LogP contribution is -2.56. The Kier molecular flexibility index (Phi) is 4.03. The fourth-order valence-electron chi connectivity index (χ4n) is 2.12. The van der Waals surface area contributed by atoms with Crippen molar-refractivity contribution in [2.45, 2.75) is 31.1 Å². The fraction of sp³-hybridized carbons (Fsp3) is 0.900. The lowest BCUT2D eigenvalue weighted by Gasteiger charge is -2.27. The number of esters is 1. The minimum atomic E-state index is -4.34. The van der Waals surface area contributed by atoms with E-state index in [1.54, 1.807) is 7.05 Å². The molecule has 2 atom stereocenters. The van der Waals surface area contributed by atoms with E-state index in [1.807, 2.05) is 11.8 Å². The number of carbonyl (C=O) groups is 1. The SMILES string of the molecule is COC(=O)C1(NCC(F)(F)F)CC(C)N(C)C1. The zero-order valence-electron chi connectivity index (χ0n) is 10.1. The molecule has 0 bridgehead atoms. The molecule has 1 N–H and O–H groups in total. The number of ether oxygens (including phenoxy) is 1. The smallest absolute Gasteiger partial charge is 0.401 e. The van der Waals surface area contributed by atoms with Gasteiger partial charge < -0.3 is 9.64 Å². The number of nitrogens with one attached hydrogen (secondary N) is 1. The zero-order valence-corrected chi connectivity index (χ0v) is 10.1. The number of carbonyl (C=O) groups excluding carboxylic acids is 1. The van der Waals surface area contributed by atoms with E-state index in [4.69, 9.17) is 0 Å². The van der Waals surface area contributed by atoms with E-state index in [2.05, 4.69) is 10.1 Å². The third kappa shape index (κ3) is 3.32. The number of hydrogen-bond acceptors (Lipinski definition) is 4. The molecule has 100 valence electrons. The van der Waals surface area contributed by atoms with E-state index in [0.29, 0.717) is 6.42 Å². The number of nitrogens with zero attached hydrogens (tertiary/aromatic N) is 1. The molecule has 1 fully saturated rings. The second kappa shape index (κ2) is 4.81. The molecule has 0 radical (unpaired) electrons. The Balaban J connectivity index is 2.78. The normalized spacial score (nSPS) is 30.6. The Morgan fingerprint density at radius 3 is 2.53 bits per heavy atom. The van der Waals surface area contributed by atoms with Gasteiger partial charge in [0.05, 0.1) is 13.7 Å². The lowest BCUT2D eigenvalue weighted by molar-refractivity contribution is -0.152. The van der Waals surface area contributed by atoms with Gasteiger partial charge in [0.2, 0.25) is 0 Å². The molecular formula is C10H17F3N2O2. The van der Waals surface area contributed by atoms with Gasteiger partial charge in [0.25, 0.3) is 0 Å². The Morgan fingerprint density at radius 1 is 1.59 bits per heavy atom. The molecule has 0 saturated carbocycles. The number of hydrogen-bond donors (Lipinski definition) is 1. The number of halogens is 3. The first-order valence-corrected chi connectivity index (χ1v) is 5.30. The van der Waals surface area contributed by atoms with Crippen molar-refractivity contribution in [2.24, 2.45) is 0 Å². The molecule has 2 unspecified atom stereocenters. The minimum Gasteiger partial charge on any atom is -0.468 e. The largest absolute Gasteiger partial charge is 0.468 e. The molecule has 0 amide bonds. The molecule has 0 aromatic rings. The maximum Gasteiger partial charge on any atom is 0.401 e. The second-order valence-corrected chi connectivity index (χ2v) is 4.51. The lowest BCUT2D eigenvalue weighted by atomic mass is 9.96. The van der Waals surface area contributed by atoms with Crippen molar-refractivity contribution in [3.8, 4) is 0 Å². The molecule has 1 aliphatic rings. The summed E-state index contributed by atoms with van der Waals surface area (Å²) in [6, 6.07) is 0.0369. The highest BCUT2D eigenvalue weighted by atomic mass is 19.4. The summed E-state index contributed by atoms with van der Waals surface area (Å²) in [4.78, 5) is 13.5. The quantitative estimate of drug-likeness (QED) is 0.755. The summed E-state index contributed by atoms with van der Waals surface area (Å²) in [6.07, 6.45) is -4.03. The Labute approximate surface area is 98.1 Å². The summed E-state index contributed by atoms with van der Waals surface area (Å²) in [5, 5.41) is 2.31. The zero-order chi connectivity index (χ0) is 13.3. The van der Waals surface area contributed by atoms with Crippen LogP contribution in [0.4, 0.5) is 13.2 Å². The van der Waals surface area contributed by atoms with Gasteiger partial charge in [-0.2, -0.15) is 13.2 Å². The van der Waals surface area contributed by atoms with Crippen molar-refractivity contribution >= 4 is 5.97 Å². The molecule has 1 rings (SSSR count). The number of likely N-dealkylation sites (N-methyl/N-ethyl adjacent to an activating group) is 1. The van der Waals surface area contributed by atoms with Crippen LogP contribution in [0.1, 0.15) is 13.3 Å². The second-order valence-electron chi connectivity index (χ2n) is 4.51. The highest BCUT2D eigenvalue weighted by Crippen LogP contribution is 2.28. The van der Waals surface area contributed by atoms with E-state index in [0.717, 1.165) is 0 Å². The summed E-state index contributed by atoms with van der Waals surface area (Å²) in [5.41, 5.74) is -1.25. The van der Waals surface area contributed by atoms with Crippen molar-refractivity contribution in [1.29, 1.82) is 0 Å². The molecular weight excluding hydrogens is 237 g/mol. The number of alkyl halides is 3. The molecule has 1 aliphatic heterocycles. The van der Waals surface area contributed by atoms with Crippen LogP contribution in [0.3, 0.4) is 0 Å². The van der Waals surface area contributed by atoms with Gasteiger partial charge in [-0.25, -0.2) is 0 Å². The van der Waals surface area contributed by atoms with E-state index in [-0.39, 0.29) is 12.6 Å². The fourth-order valence-corrected chi connectivity index (χ4v) is 2.12. The average molecular weight is 254 g/mol. The van der Waals surface area contributed by atoms with E-state index < -0.39 is 24.2 Å². The van der Waals surface area contributed by atoms with Gasteiger partial charge in [0.1, 0.15) is 5.54 Å². The van der Waals surface area contributed by atoms with Crippen LogP contribution < -0.4 is 5.32 Å². The monoisotopic (exact) mass is 254 g/mol. The van der Waals surface area contributed by atoms with E-state index >= 15 is 0 Å². The highest BCUT2D eigenvalue weighted by Gasteiger charge is 2.49. The Morgan fingerprint density at radius 2 is 2.18 bits per heavy atom. The maximum atomic E-state index is 12.2. The van der Waals surface area contributed by atoms with Crippen molar-refractivity contribution in [1.82, 2.24) is 10.2 Å². The van der Waals surface area contributed by atoms with Gasteiger partial charge in [-0.1, -0.05) is 0 Å². The van der Waals surface area contributed by atoms with Crippen molar-refractivity contribution < 1.29 is 22.7 Å². The summed E-state index contributed by atoms with van der Waals surface area (Å²) >= 11 is 0. The summed E-state index contributed by atoms with van der Waals surface area (Å²) < 4.78 is 41.2. The van der Waals surface area contributed by atoms with Crippen LogP contribution in [0.2, 0.25) is 0 Å². The van der Waals surface area contributed by atoms with Crippen LogP contribution in [-0.2, 0) is 9.53 Å². The molecule has 17 heavy (non-hydrogen) atoms. The minimum absolute atomic E-state index is 0.0369. The average Bonchev–Trinajstić information content (AvgIpc) is 2.51. The molecule has 0 aromatic carbocycles. The van der Waals surface area contributed by atoms with Crippen LogP contribution >= 0.6 is 0 Å². The van der Waals surface area contributed by atoms with Crippen LogP contribution in [0.5, 0.6) is 0 Å². The third-order valence-corrected chi connectivity index (χ3v) is 3.12. The van der Waals surface area contributed by atoms with Crippen molar-refractivity contribution in [3.63, 3.8) is 0 Å². The summed E-state index contributed by atoms with van der Waals surface area (Å²) in [7, 11) is 2.95. The topological polar surface area (TPSA) is 41.6 Å². The van der Waals surface area contributed by atoms with Crippen LogP contribution in [-0.4, -0.2) is 55.9 Å². The third-order valence-electron chi connectivity index (χ3n) is 3.12. The highest BCUT2D eigenvalue weighted by molar-refractivity contribution is 5.81. The van der Waals surface area contributed by atoms with Crippen molar-refractivity contribution in [3.05, 3.63) is 0 Å². The molecule has 1 saturated heterocycles. The van der Waals surface area contributed by atoms with Gasteiger partial charge >= 0.3 is 12.1 Å². The van der Waals surface area contributed by atoms with Gasteiger partial charge in [0.15, 0.2) is 0 Å². The molecule has 0 spiro atoms. The molecule has 7 heteroatoms. The first-order chi connectivity index (χ1) is 7.70. The number of likely N-dealkylation sites (tertiary alicyclic amines) is 1. The molecule has 0 aromatic heterocycles. The molecule has 0 aliphatic carbocycles. The van der Waals surface area contributed by atoms with Crippen LogP contribution in [0, 0.1) is 0 Å². The van der Waals surface area contributed by atoms with Gasteiger partial charge in [-0.3, -0.25) is 10.1 Å². The van der Waals surface area contributed by atoms with Crippen LogP contribution in [0.15, 0.2) is 0 Å². The molecule has 4 nitrogen and oxygen atoms in total. The van der Waals surface area contributed by atoms with E-state index in [1.165, 1.54) is 7.11 Å². The van der Waals surface area contributed by atoms with Gasteiger partial charge in [-0.15, -0.1) is 0 Å². The van der Waals surface area contributed by atoms with E-state index in [9.17, 15) is 18.0 Å². The predicted molar refractivity (Wildman–Crippen MR) is 55.5 cm³/mol. The standard InChI is InChI=1S/C10H17F3N2O2/c1-7-4-9(6-15(7)2,8(16)17-3)14-5-10(11,12)13/h7,14H,4-6H2,1-3H3. The maximum absolute atomic E-state index is 12.2. The summed E-state index contributed by atoms with van der Waals surface area (Å²) in [5.74, 6) is -0.641. The van der Waals surface area contributed by atoms with Gasteiger partial charge in [0, 0.05) is 12.6 Å².